The van der Waals surface area contributed by atoms with E-state index < -0.39 is 0 Å². The highest BCUT2D eigenvalue weighted by atomic mass is 16.5. The fraction of sp³-hybridized carbons (Fsp3) is 0.409. The second-order valence-electron chi connectivity index (χ2n) is 7.02. The highest BCUT2D eigenvalue weighted by molar-refractivity contribution is 5.78. The Labute approximate surface area is 166 Å². The monoisotopic (exact) mass is 385 g/mol. The van der Waals surface area contributed by atoms with Crippen molar-refractivity contribution in [2.75, 3.05) is 47.5 Å². The molecule has 0 spiro atoms. The molecular formula is C22H29N2O4+. The van der Waals surface area contributed by atoms with Crippen LogP contribution in [-0.2, 0) is 17.8 Å². The Hall–Kier alpha value is -2.73. The number of rotatable bonds is 7. The van der Waals surface area contributed by atoms with Crippen molar-refractivity contribution in [3.05, 3.63) is 53.6 Å². The molecule has 0 saturated carbocycles. The minimum Gasteiger partial charge on any atom is -0.497 e. The van der Waals surface area contributed by atoms with E-state index in [1.807, 2.05) is 41.3 Å². The Morgan fingerprint density at radius 3 is 2.14 bits per heavy atom. The smallest absolute Gasteiger partial charge is 0.227 e. The molecule has 1 aliphatic heterocycles. The summed E-state index contributed by atoms with van der Waals surface area (Å²) in [5.74, 6) is 2.50. The number of carbonyl (C=O) groups excluding carboxylic acids is 1. The molecule has 6 nitrogen and oxygen atoms in total. The number of nitrogens with one attached hydrogen (secondary N) is 1. The summed E-state index contributed by atoms with van der Waals surface area (Å²) in [4.78, 5) is 16.0. The predicted octanol–water partition coefficient (Wildman–Crippen LogP) is 1.18. The number of amides is 1. The maximum atomic E-state index is 12.6. The van der Waals surface area contributed by atoms with Gasteiger partial charge in [-0.1, -0.05) is 12.1 Å². The number of benzene rings is 2. The molecule has 150 valence electrons. The van der Waals surface area contributed by atoms with E-state index >= 15 is 0 Å². The summed E-state index contributed by atoms with van der Waals surface area (Å²) in [6, 6.07) is 13.8. The minimum absolute atomic E-state index is 0.190. The van der Waals surface area contributed by atoms with Crippen LogP contribution < -0.4 is 19.1 Å². The quantitative estimate of drug-likeness (QED) is 0.778. The number of hydrogen-bond acceptors (Lipinski definition) is 4. The molecule has 1 fully saturated rings. The third-order valence-electron chi connectivity index (χ3n) is 5.24. The maximum absolute atomic E-state index is 12.6. The lowest BCUT2D eigenvalue weighted by atomic mass is 10.1. The lowest BCUT2D eigenvalue weighted by Gasteiger charge is -2.32. The Morgan fingerprint density at radius 2 is 1.54 bits per heavy atom. The van der Waals surface area contributed by atoms with Gasteiger partial charge in [0.25, 0.3) is 0 Å². The fourth-order valence-electron chi connectivity index (χ4n) is 3.56. The van der Waals surface area contributed by atoms with Gasteiger partial charge in [0.15, 0.2) is 11.5 Å². The van der Waals surface area contributed by atoms with Gasteiger partial charge in [-0.05, 0) is 35.9 Å². The zero-order valence-electron chi connectivity index (χ0n) is 16.9. The molecule has 1 N–H and O–H groups in total. The Balaban J connectivity index is 1.50. The number of nitrogens with zero attached hydrogens (tertiary/aromatic N) is 1. The molecular weight excluding hydrogens is 356 g/mol. The lowest BCUT2D eigenvalue weighted by molar-refractivity contribution is -0.917. The van der Waals surface area contributed by atoms with Crippen LogP contribution in [-0.4, -0.2) is 58.3 Å². The van der Waals surface area contributed by atoms with Gasteiger partial charge in [0.1, 0.15) is 12.3 Å². The summed E-state index contributed by atoms with van der Waals surface area (Å²) >= 11 is 0. The van der Waals surface area contributed by atoms with E-state index in [0.29, 0.717) is 6.42 Å². The van der Waals surface area contributed by atoms with E-state index in [2.05, 4.69) is 6.07 Å². The SMILES string of the molecule is COc1ccc(CC(=O)N2CC[NH+](Cc3ccc(OC)c(OC)c3)CC2)cc1. The number of hydrogen-bond donors (Lipinski definition) is 1. The number of piperazine rings is 1. The summed E-state index contributed by atoms with van der Waals surface area (Å²) in [7, 11) is 4.94. The molecule has 0 aliphatic carbocycles. The first-order valence-corrected chi connectivity index (χ1v) is 9.58. The van der Waals surface area contributed by atoms with Gasteiger partial charge in [-0.25, -0.2) is 0 Å². The van der Waals surface area contributed by atoms with Gasteiger partial charge >= 0.3 is 0 Å². The van der Waals surface area contributed by atoms with Crippen LogP contribution >= 0.6 is 0 Å². The molecule has 2 aromatic rings. The molecule has 3 rings (SSSR count). The van der Waals surface area contributed by atoms with Crippen molar-refractivity contribution >= 4 is 5.91 Å². The molecule has 28 heavy (non-hydrogen) atoms. The average molecular weight is 385 g/mol. The number of quaternary nitrogens is 1. The van der Waals surface area contributed by atoms with Crippen molar-refractivity contribution in [3.8, 4) is 17.2 Å². The fourth-order valence-corrected chi connectivity index (χ4v) is 3.56. The molecule has 0 atom stereocenters. The standard InChI is InChI=1S/C22H28N2O4/c1-26-19-7-4-17(5-8-19)15-22(25)24-12-10-23(11-13-24)16-18-6-9-20(27-2)21(14-18)28-3/h4-9,14H,10-13,15-16H2,1-3H3/p+1. The van der Waals surface area contributed by atoms with Crippen LogP contribution in [0, 0.1) is 0 Å². The van der Waals surface area contributed by atoms with Crippen molar-refractivity contribution in [2.24, 2.45) is 0 Å². The summed E-state index contributed by atoms with van der Waals surface area (Å²) < 4.78 is 15.9. The number of methoxy groups -OCH3 is 3. The van der Waals surface area contributed by atoms with Gasteiger partial charge in [-0.2, -0.15) is 0 Å². The van der Waals surface area contributed by atoms with Crippen LogP contribution in [0.2, 0.25) is 0 Å². The van der Waals surface area contributed by atoms with Gasteiger partial charge < -0.3 is 24.0 Å². The first kappa shape index (κ1) is 20.0. The third kappa shape index (κ3) is 4.95. The van der Waals surface area contributed by atoms with E-state index in [-0.39, 0.29) is 5.91 Å². The number of carbonyl (C=O) groups is 1. The summed E-state index contributed by atoms with van der Waals surface area (Å²) in [5, 5.41) is 0. The largest absolute Gasteiger partial charge is 0.497 e. The Bertz CT molecular complexity index is 784. The maximum Gasteiger partial charge on any atom is 0.227 e. The van der Waals surface area contributed by atoms with Crippen molar-refractivity contribution in [3.63, 3.8) is 0 Å². The minimum atomic E-state index is 0.190. The van der Waals surface area contributed by atoms with Crippen molar-refractivity contribution in [1.29, 1.82) is 0 Å². The highest BCUT2D eigenvalue weighted by Gasteiger charge is 2.24. The molecule has 6 heteroatoms. The van der Waals surface area contributed by atoms with Gasteiger partial charge in [-0.3, -0.25) is 4.79 Å². The van der Waals surface area contributed by atoms with Crippen LogP contribution in [0.3, 0.4) is 0 Å². The second kappa shape index (κ2) is 9.46. The Kier molecular flexibility index (Phi) is 6.76. The lowest BCUT2D eigenvalue weighted by Crippen LogP contribution is -3.13. The van der Waals surface area contributed by atoms with Crippen LogP contribution in [0.5, 0.6) is 17.2 Å². The molecule has 1 heterocycles. The van der Waals surface area contributed by atoms with E-state index in [0.717, 1.165) is 55.5 Å². The van der Waals surface area contributed by atoms with Crippen LogP contribution in [0.15, 0.2) is 42.5 Å². The highest BCUT2D eigenvalue weighted by Crippen LogP contribution is 2.27. The molecule has 1 amide bonds. The van der Waals surface area contributed by atoms with E-state index in [1.165, 1.54) is 10.5 Å². The first-order chi connectivity index (χ1) is 13.6. The van der Waals surface area contributed by atoms with Crippen molar-refractivity contribution < 1.29 is 23.9 Å². The Morgan fingerprint density at radius 1 is 0.893 bits per heavy atom. The van der Waals surface area contributed by atoms with E-state index in [9.17, 15) is 4.79 Å². The summed E-state index contributed by atoms with van der Waals surface area (Å²) in [6.07, 6.45) is 0.439. The third-order valence-corrected chi connectivity index (χ3v) is 5.24. The first-order valence-electron chi connectivity index (χ1n) is 9.58. The van der Waals surface area contributed by atoms with Crippen molar-refractivity contribution in [1.82, 2.24) is 4.90 Å². The topological polar surface area (TPSA) is 52.4 Å². The second-order valence-corrected chi connectivity index (χ2v) is 7.02. The van der Waals surface area contributed by atoms with Crippen LogP contribution in [0.4, 0.5) is 0 Å². The van der Waals surface area contributed by atoms with Gasteiger partial charge in [-0.15, -0.1) is 0 Å². The molecule has 0 unspecified atom stereocenters. The average Bonchev–Trinajstić information content (AvgIpc) is 2.74. The number of ether oxygens (including phenoxy) is 3. The molecule has 0 aromatic heterocycles. The predicted molar refractivity (Wildman–Crippen MR) is 107 cm³/mol. The van der Waals surface area contributed by atoms with Crippen molar-refractivity contribution in [2.45, 2.75) is 13.0 Å². The van der Waals surface area contributed by atoms with Gasteiger partial charge in [0.2, 0.25) is 5.91 Å². The zero-order valence-corrected chi connectivity index (χ0v) is 16.9. The van der Waals surface area contributed by atoms with Gasteiger partial charge in [0, 0.05) is 5.56 Å². The molecule has 2 aromatic carbocycles. The zero-order chi connectivity index (χ0) is 19.9. The van der Waals surface area contributed by atoms with Crippen LogP contribution in [0.25, 0.3) is 0 Å². The normalized spacial score (nSPS) is 14.6. The molecule has 0 radical (unpaired) electrons. The molecule has 1 saturated heterocycles. The molecule has 1 aliphatic rings. The molecule has 0 bridgehead atoms. The summed E-state index contributed by atoms with van der Waals surface area (Å²) in [6.45, 7) is 4.39. The van der Waals surface area contributed by atoms with Gasteiger partial charge in [0.05, 0.1) is 53.9 Å². The van der Waals surface area contributed by atoms with E-state index in [1.54, 1.807) is 21.3 Å². The van der Waals surface area contributed by atoms with E-state index in [4.69, 9.17) is 14.2 Å². The summed E-state index contributed by atoms with van der Waals surface area (Å²) in [5.41, 5.74) is 2.23. The van der Waals surface area contributed by atoms with Crippen LogP contribution in [0.1, 0.15) is 11.1 Å².